The number of allylic oxidation sites excluding steroid dienone is 1. The second-order valence-corrected chi connectivity index (χ2v) is 16.0. The highest BCUT2D eigenvalue weighted by Gasteiger charge is 2.56. The van der Waals surface area contributed by atoms with Gasteiger partial charge in [-0.05, 0) is 57.3 Å². The molecule has 0 aromatic rings. The first-order valence-corrected chi connectivity index (χ1v) is 19.3. The molecule has 3 aliphatic carbocycles. The maximum absolute atomic E-state index is 11.1. The van der Waals surface area contributed by atoms with Crippen LogP contribution in [0, 0.1) is 17.8 Å². The lowest BCUT2D eigenvalue weighted by Gasteiger charge is -2.50. The van der Waals surface area contributed by atoms with Crippen LogP contribution in [0.1, 0.15) is 64.2 Å². The number of hydrogen-bond donors (Lipinski definition) is 11. The van der Waals surface area contributed by atoms with Crippen LogP contribution in [0.3, 0.4) is 0 Å². The Hall–Kier alpha value is -0.940. The molecule has 0 aromatic heterocycles. The molecule has 0 radical (unpaired) electrons. The molecular formula is C36H61O17+. The summed E-state index contributed by atoms with van der Waals surface area (Å²) in [5, 5.41) is 115. The molecule has 0 spiro atoms. The van der Waals surface area contributed by atoms with Crippen LogP contribution in [0.15, 0.2) is 12.2 Å². The summed E-state index contributed by atoms with van der Waals surface area (Å²) in [4.78, 5) is 0. The van der Waals surface area contributed by atoms with E-state index < -0.39 is 117 Å². The number of rotatable bonds is 11. The van der Waals surface area contributed by atoms with Crippen molar-refractivity contribution in [2.75, 3.05) is 19.8 Å². The summed E-state index contributed by atoms with van der Waals surface area (Å²) in [5.74, 6) is -0.344. The lowest BCUT2D eigenvalue weighted by Crippen LogP contribution is -2.64. The van der Waals surface area contributed by atoms with Crippen molar-refractivity contribution in [3.63, 3.8) is 0 Å². The topological polar surface area (TPSA) is 281 Å². The highest BCUT2D eigenvalue weighted by molar-refractivity contribution is 5.00. The van der Waals surface area contributed by atoms with E-state index in [-0.39, 0.29) is 50.9 Å². The van der Waals surface area contributed by atoms with E-state index >= 15 is 0 Å². The Balaban J connectivity index is 1.15. The Bertz CT molecular complexity index is 1160. The molecular weight excluding hydrogens is 704 g/mol. The van der Waals surface area contributed by atoms with Gasteiger partial charge in [0.1, 0.15) is 54.9 Å². The molecule has 19 atom stereocenters. The second-order valence-electron chi connectivity index (χ2n) is 16.0. The Labute approximate surface area is 308 Å². The molecule has 3 aliphatic heterocycles. The van der Waals surface area contributed by atoms with Gasteiger partial charge in [-0.15, -0.1) is 0 Å². The Morgan fingerprint density at radius 1 is 0.604 bits per heavy atom. The molecule has 3 heterocycles. The predicted octanol–water partition coefficient (Wildman–Crippen LogP) is -3.55. The molecule has 0 aromatic carbocycles. The van der Waals surface area contributed by atoms with Crippen LogP contribution in [0.4, 0.5) is 0 Å². The van der Waals surface area contributed by atoms with Gasteiger partial charge < -0.3 is 84.6 Å². The lowest BCUT2D eigenvalue weighted by molar-refractivity contribution is -0.367. The van der Waals surface area contributed by atoms with Crippen LogP contribution >= 0.6 is 0 Å². The molecule has 53 heavy (non-hydrogen) atoms. The third kappa shape index (κ3) is 9.79. The van der Waals surface area contributed by atoms with Crippen molar-refractivity contribution in [1.82, 2.24) is 0 Å². The highest BCUT2D eigenvalue weighted by Crippen LogP contribution is 2.44. The third-order valence-corrected chi connectivity index (χ3v) is 12.3. The number of hydrogen-bond acceptors (Lipinski definition) is 16. The van der Waals surface area contributed by atoms with E-state index in [1.807, 2.05) is 6.08 Å². The van der Waals surface area contributed by atoms with E-state index in [1.165, 1.54) is 0 Å². The number of fused-ring (bicyclic) bond motifs is 1. The molecule has 6 fully saturated rings. The van der Waals surface area contributed by atoms with Crippen molar-refractivity contribution in [2.45, 2.75) is 174 Å². The summed E-state index contributed by atoms with van der Waals surface area (Å²) in [5.41, 5.74) is 0. The van der Waals surface area contributed by atoms with Crippen molar-refractivity contribution in [3.8, 4) is 0 Å². The zero-order valence-electron chi connectivity index (χ0n) is 29.9. The molecule has 6 aliphatic rings. The molecule has 17 nitrogen and oxygen atoms in total. The smallest absolute Gasteiger partial charge is 0.187 e. The van der Waals surface area contributed by atoms with Gasteiger partial charge in [-0.3, -0.25) is 0 Å². The van der Waals surface area contributed by atoms with Crippen LogP contribution < -0.4 is 0 Å². The molecule has 17 heteroatoms. The van der Waals surface area contributed by atoms with Gasteiger partial charge in [-0.2, -0.15) is 0 Å². The summed E-state index contributed by atoms with van der Waals surface area (Å²) in [6, 6.07) is 0. The van der Waals surface area contributed by atoms with Crippen molar-refractivity contribution in [3.05, 3.63) is 12.2 Å². The van der Waals surface area contributed by atoms with E-state index in [1.54, 1.807) is 0 Å². The summed E-state index contributed by atoms with van der Waals surface area (Å²) < 4.78 is 35.1. The van der Waals surface area contributed by atoms with Crippen LogP contribution in [0.2, 0.25) is 0 Å². The molecule has 0 amide bonds. The van der Waals surface area contributed by atoms with E-state index in [9.17, 15) is 56.2 Å². The minimum absolute atomic E-state index is 0.110. The van der Waals surface area contributed by atoms with Crippen molar-refractivity contribution in [2.24, 2.45) is 17.8 Å². The standard InChI is InChI=1S/C36H60O17/c37-14-26-28(42)30(44)32(46)35(52-26)50-24-12-19(39)11-23-20(24)13-25(34(49-23)17-5-8-21(40)22(41)10-17)51-36-33(47)31(45)29(43)27(53-36)15-48-9-1-2-16-3-6-18(38)7-4-16/h1-2,16-47H,3-15H2/p+1/t16?,17?,18?,19?,20?,21?,22?,23?,24?,25?,26-,27-,28-,29-,30+,31+,32-,33-,34?,35-,36-/m1/s1. The molecule has 306 valence electrons. The predicted molar refractivity (Wildman–Crippen MR) is 181 cm³/mol. The Kier molecular flexibility index (Phi) is 14.6. The molecule has 0 bridgehead atoms. The second kappa shape index (κ2) is 18.5. The van der Waals surface area contributed by atoms with Gasteiger partial charge in [0.25, 0.3) is 0 Å². The van der Waals surface area contributed by atoms with Gasteiger partial charge in [0.15, 0.2) is 24.8 Å². The SMILES string of the molecule is OC[C@H]1O[C@@H](OC2CC(O)CC3[OH+]C(C4CCC(O)C(O)C4)C(O[C@@H]4O[C@H](COCC=CC5CCC(O)CC5)[C@@H](O)[C@H](O)[C@H]4O)CC23)[C@H](O)[C@@H](O)[C@@H]1O. The fraction of sp³-hybridized carbons (Fsp3) is 0.944. The molecule has 3 saturated heterocycles. The van der Waals surface area contributed by atoms with Crippen molar-refractivity contribution in [1.29, 1.82) is 0 Å². The number of ether oxygens (including phenoxy) is 6. The monoisotopic (exact) mass is 765 g/mol. The first-order chi connectivity index (χ1) is 25.3. The van der Waals surface area contributed by atoms with Gasteiger partial charge >= 0.3 is 0 Å². The van der Waals surface area contributed by atoms with E-state index in [4.69, 9.17) is 28.4 Å². The Morgan fingerprint density at radius 2 is 1.25 bits per heavy atom. The van der Waals surface area contributed by atoms with Gasteiger partial charge in [-0.1, -0.05) is 12.2 Å². The summed E-state index contributed by atoms with van der Waals surface area (Å²) in [6.45, 7) is -0.528. The maximum Gasteiger partial charge on any atom is 0.187 e. The fourth-order valence-electron chi connectivity index (χ4n) is 9.12. The Morgan fingerprint density at radius 3 is 1.91 bits per heavy atom. The van der Waals surface area contributed by atoms with Crippen LogP contribution in [-0.2, 0) is 23.7 Å². The normalized spacial score (nSPS) is 51.3. The van der Waals surface area contributed by atoms with Crippen molar-refractivity contribution >= 4 is 0 Å². The summed E-state index contributed by atoms with van der Waals surface area (Å²) in [6.07, 6.45) is -11.5. The van der Waals surface area contributed by atoms with Crippen molar-refractivity contribution < 1.29 is 84.6 Å². The van der Waals surface area contributed by atoms with E-state index in [0.29, 0.717) is 18.8 Å². The minimum Gasteiger partial charge on any atom is -0.427 e. The van der Waals surface area contributed by atoms with Gasteiger partial charge in [0.2, 0.25) is 0 Å². The zero-order chi connectivity index (χ0) is 38.0. The molecule has 6 rings (SSSR count). The quantitative estimate of drug-likeness (QED) is 0.0552. The van der Waals surface area contributed by atoms with Gasteiger partial charge in [0.05, 0.1) is 56.3 Å². The summed E-state index contributed by atoms with van der Waals surface area (Å²) >= 11 is 0. The third-order valence-electron chi connectivity index (χ3n) is 12.3. The van der Waals surface area contributed by atoms with Crippen LogP contribution in [0.5, 0.6) is 0 Å². The number of aliphatic hydroxyl groups is 13. The zero-order valence-corrected chi connectivity index (χ0v) is 29.9. The largest absolute Gasteiger partial charge is 0.427 e. The average molecular weight is 766 g/mol. The molecule has 3 saturated carbocycles. The minimum atomic E-state index is -1.66. The average Bonchev–Trinajstić information content (AvgIpc) is 3.14. The van der Waals surface area contributed by atoms with Gasteiger partial charge in [0, 0.05) is 18.8 Å². The van der Waals surface area contributed by atoms with Crippen LogP contribution in [0.25, 0.3) is 0 Å². The molecule has 12 N–H and O–H groups in total. The van der Waals surface area contributed by atoms with E-state index in [2.05, 4.69) is 6.08 Å². The van der Waals surface area contributed by atoms with E-state index in [0.717, 1.165) is 25.7 Å². The lowest BCUT2D eigenvalue weighted by atomic mass is 9.72. The summed E-state index contributed by atoms with van der Waals surface area (Å²) in [7, 11) is 0. The molecule has 9 unspecified atom stereocenters. The van der Waals surface area contributed by atoms with Crippen LogP contribution in [-0.4, -0.2) is 191 Å². The number of aliphatic hydroxyl groups excluding tert-OH is 11. The fourth-order valence-corrected chi connectivity index (χ4v) is 9.12. The first kappa shape index (κ1) is 41.7. The maximum atomic E-state index is 11.1. The van der Waals surface area contributed by atoms with Gasteiger partial charge in [-0.25, -0.2) is 0 Å². The first-order valence-electron chi connectivity index (χ1n) is 19.3. The highest BCUT2D eigenvalue weighted by atomic mass is 16.7.